The predicted molar refractivity (Wildman–Crippen MR) is 75.5 cm³/mol. The minimum absolute atomic E-state index is 0.480. The molecule has 1 aromatic carbocycles. The van der Waals surface area contributed by atoms with Crippen LogP contribution in [-0.2, 0) is 12.0 Å². The smallest absolute Gasteiger partial charge is 0.246 e. The van der Waals surface area contributed by atoms with Gasteiger partial charge < -0.3 is 10.3 Å². The molecule has 0 saturated heterocycles. The maximum absolute atomic E-state index is 6.27. The standard InChI is InChI=1S/C14H16BrN3O/c1-14(16,10-4-5-10)13-17-12(18-19-13)8-9-2-6-11(15)7-3-9/h2-3,6-7,10H,4-5,8,16H2,1H3. The molecule has 19 heavy (non-hydrogen) atoms. The van der Waals surface area contributed by atoms with Crippen LogP contribution in [0.25, 0.3) is 0 Å². The fourth-order valence-corrected chi connectivity index (χ4v) is 2.45. The monoisotopic (exact) mass is 321 g/mol. The molecule has 0 bridgehead atoms. The van der Waals surface area contributed by atoms with Gasteiger partial charge in [0.25, 0.3) is 0 Å². The van der Waals surface area contributed by atoms with Crippen molar-refractivity contribution in [2.45, 2.75) is 31.7 Å². The lowest BCUT2D eigenvalue weighted by Gasteiger charge is -2.18. The molecule has 1 saturated carbocycles. The Morgan fingerprint density at radius 3 is 2.68 bits per heavy atom. The first-order valence-electron chi connectivity index (χ1n) is 6.42. The van der Waals surface area contributed by atoms with E-state index >= 15 is 0 Å². The zero-order valence-corrected chi connectivity index (χ0v) is 12.4. The van der Waals surface area contributed by atoms with Crippen LogP contribution >= 0.6 is 15.9 Å². The summed E-state index contributed by atoms with van der Waals surface area (Å²) in [6, 6.07) is 8.10. The molecule has 1 fully saturated rings. The summed E-state index contributed by atoms with van der Waals surface area (Å²) in [4.78, 5) is 4.45. The number of rotatable bonds is 4. The van der Waals surface area contributed by atoms with Crippen LogP contribution in [0, 0.1) is 5.92 Å². The van der Waals surface area contributed by atoms with E-state index in [0.717, 1.165) is 22.9 Å². The third kappa shape index (κ3) is 2.72. The molecule has 5 heteroatoms. The lowest BCUT2D eigenvalue weighted by Crippen LogP contribution is -2.35. The van der Waals surface area contributed by atoms with E-state index in [1.807, 2.05) is 31.2 Å². The van der Waals surface area contributed by atoms with Crippen molar-refractivity contribution in [1.29, 1.82) is 0 Å². The Kier molecular flexibility index (Phi) is 3.19. The van der Waals surface area contributed by atoms with Crippen molar-refractivity contribution in [1.82, 2.24) is 10.1 Å². The molecule has 1 aliphatic rings. The molecule has 0 spiro atoms. The van der Waals surface area contributed by atoms with Crippen molar-refractivity contribution in [2.24, 2.45) is 11.7 Å². The SMILES string of the molecule is CC(N)(c1nc(Cc2ccc(Br)cc2)no1)C1CC1. The Morgan fingerprint density at radius 1 is 1.37 bits per heavy atom. The summed E-state index contributed by atoms with van der Waals surface area (Å²) >= 11 is 3.42. The molecule has 0 amide bonds. The summed E-state index contributed by atoms with van der Waals surface area (Å²) in [6.45, 7) is 1.97. The fourth-order valence-electron chi connectivity index (χ4n) is 2.19. The van der Waals surface area contributed by atoms with Gasteiger partial charge in [-0.3, -0.25) is 0 Å². The molecule has 0 radical (unpaired) electrons. The first-order valence-corrected chi connectivity index (χ1v) is 7.21. The van der Waals surface area contributed by atoms with Crippen LogP contribution in [0.2, 0.25) is 0 Å². The third-order valence-electron chi connectivity index (χ3n) is 3.63. The van der Waals surface area contributed by atoms with Crippen molar-refractivity contribution >= 4 is 15.9 Å². The minimum atomic E-state index is -0.481. The van der Waals surface area contributed by atoms with Crippen LogP contribution in [0.4, 0.5) is 0 Å². The Morgan fingerprint density at radius 2 is 2.05 bits per heavy atom. The van der Waals surface area contributed by atoms with Gasteiger partial charge in [-0.15, -0.1) is 0 Å². The van der Waals surface area contributed by atoms with Crippen molar-refractivity contribution < 1.29 is 4.52 Å². The summed E-state index contributed by atoms with van der Waals surface area (Å²) in [5.41, 5.74) is 6.94. The lowest BCUT2D eigenvalue weighted by molar-refractivity contribution is 0.272. The average molecular weight is 322 g/mol. The van der Waals surface area contributed by atoms with Crippen molar-refractivity contribution in [3.63, 3.8) is 0 Å². The molecule has 2 N–H and O–H groups in total. The van der Waals surface area contributed by atoms with E-state index in [4.69, 9.17) is 10.3 Å². The Bertz CT molecular complexity index is 573. The van der Waals surface area contributed by atoms with Gasteiger partial charge in [-0.1, -0.05) is 33.2 Å². The predicted octanol–water partition coefficient (Wildman–Crippen LogP) is 3.01. The van der Waals surface area contributed by atoms with Gasteiger partial charge in [-0.05, 0) is 43.4 Å². The number of halogens is 1. The molecule has 4 nitrogen and oxygen atoms in total. The molecule has 1 aliphatic carbocycles. The fraction of sp³-hybridized carbons (Fsp3) is 0.429. The highest BCUT2D eigenvalue weighted by Gasteiger charge is 2.43. The van der Waals surface area contributed by atoms with Crippen LogP contribution in [0.3, 0.4) is 0 Å². The van der Waals surface area contributed by atoms with E-state index in [-0.39, 0.29) is 0 Å². The topological polar surface area (TPSA) is 64.9 Å². The first kappa shape index (κ1) is 12.8. The molecule has 1 atom stereocenters. The van der Waals surface area contributed by atoms with Crippen molar-refractivity contribution in [2.75, 3.05) is 0 Å². The zero-order chi connectivity index (χ0) is 13.5. The Labute approximate surface area is 120 Å². The maximum Gasteiger partial charge on any atom is 0.246 e. The molecular weight excluding hydrogens is 306 g/mol. The second-order valence-electron chi connectivity index (χ2n) is 5.38. The molecule has 2 aromatic rings. The van der Waals surface area contributed by atoms with E-state index < -0.39 is 5.54 Å². The summed E-state index contributed by atoms with van der Waals surface area (Å²) in [5.74, 6) is 1.73. The van der Waals surface area contributed by atoms with Crippen molar-refractivity contribution in [3.8, 4) is 0 Å². The second-order valence-corrected chi connectivity index (χ2v) is 6.29. The third-order valence-corrected chi connectivity index (χ3v) is 4.16. The number of nitrogens with two attached hydrogens (primary N) is 1. The Hall–Kier alpha value is -1.20. The van der Waals surface area contributed by atoms with E-state index in [1.54, 1.807) is 0 Å². The van der Waals surface area contributed by atoms with Gasteiger partial charge in [0.2, 0.25) is 5.89 Å². The summed E-state index contributed by atoms with van der Waals surface area (Å²) in [6.07, 6.45) is 2.96. The van der Waals surface area contributed by atoms with Gasteiger partial charge in [0.05, 0.1) is 5.54 Å². The van der Waals surface area contributed by atoms with Crippen LogP contribution in [0.5, 0.6) is 0 Å². The van der Waals surface area contributed by atoms with Gasteiger partial charge in [0.1, 0.15) is 0 Å². The number of hydrogen-bond acceptors (Lipinski definition) is 4. The van der Waals surface area contributed by atoms with Crippen LogP contribution < -0.4 is 5.73 Å². The van der Waals surface area contributed by atoms with Crippen molar-refractivity contribution in [3.05, 3.63) is 46.0 Å². The maximum atomic E-state index is 6.27. The summed E-state index contributed by atoms with van der Waals surface area (Å²) in [7, 11) is 0. The summed E-state index contributed by atoms with van der Waals surface area (Å²) < 4.78 is 6.39. The molecule has 0 aliphatic heterocycles. The number of nitrogens with zero attached hydrogens (tertiary/aromatic N) is 2. The van der Waals surface area contributed by atoms with E-state index in [2.05, 4.69) is 26.1 Å². The van der Waals surface area contributed by atoms with Crippen LogP contribution in [0.1, 0.15) is 37.0 Å². The molecule has 3 rings (SSSR count). The normalized spacial score (nSPS) is 18.3. The molecule has 1 heterocycles. The van der Waals surface area contributed by atoms with Crippen LogP contribution in [-0.4, -0.2) is 10.1 Å². The largest absolute Gasteiger partial charge is 0.337 e. The van der Waals surface area contributed by atoms with Gasteiger partial charge in [0, 0.05) is 10.9 Å². The van der Waals surface area contributed by atoms with Gasteiger partial charge >= 0.3 is 0 Å². The lowest BCUT2D eigenvalue weighted by atomic mass is 9.97. The molecule has 1 aromatic heterocycles. The van der Waals surface area contributed by atoms with Gasteiger partial charge in [-0.2, -0.15) is 4.98 Å². The highest BCUT2D eigenvalue weighted by atomic mass is 79.9. The zero-order valence-electron chi connectivity index (χ0n) is 10.8. The van der Waals surface area contributed by atoms with Gasteiger partial charge in [-0.25, -0.2) is 0 Å². The average Bonchev–Trinajstić information content (AvgIpc) is 3.14. The van der Waals surface area contributed by atoms with E-state index in [1.165, 1.54) is 0 Å². The second kappa shape index (κ2) is 4.72. The summed E-state index contributed by atoms with van der Waals surface area (Å²) in [5, 5.41) is 4.03. The van der Waals surface area contributed by atoms with E-state index in [0.29, 0.717) is 24.1 Å². The van der Waals surface area contributed by atoms with Gasteiger partial charge in [0.15, 0.2) is 5.82 Å². The highest BCUT2D eigenvalue weighted by Crippen LogP contribution is 2.43. The first-order chi connectivity index (χ1) is 9.05. The number of hydrogen-bond donors (Lipinski definition) is 1. The highest BCUT2D eigenvalue weighted by molar-refractivity contribution is 9.10. The molecule has 100 valence electrons. The Balaban J connectivity index is 1.76. The van der Waals surface area contributed by atoms with Crippen LogP contribution in [0.15, 0.2) is 33.3 Å². The molecule has 1 unspecified atom stereocenters. The quantitative estimate of drug-likeness (QED) is 0.940. The van der Waals surface area contributed by atoms with E-state index in [9.17, 15) is 0 Å². The number of aromatic nitrogens is 2. The number of benzene rings is 1. The minimum Gasteiger partial charge on any atom is -0.337 e. The molecular formula is C14H16BrN3O.